The average Bonchev–Trinajstić information content (AvgIpc) is 2.78. The van der Waals surface area contributed by atoms with Gasteiger partial charge in [0, 0.05) is 3.57 Å². The molecule has 2 aromatic rings. The first-order chi connectivity index (χ1) is 7.72. The summed E-state index contributed by atoms with van der Waals surface area (Å²) in [4.78, 5) is 11.1. The van der Waals surface area contributed by atoms with E-state index >= 15 is 0 Å². The zero-order chi connectivity index (χ0) is 11.5. The average molecular weight is 330 g/mol. The molecule has 1 aromatic carbocycles. The van der Waals surface area contributed by atoms with Crippen LogP contribution >= 0.6 is 22.6 Å². The molecule has 0 atom stereocenters. The van der Waals surface area contributed by atoms with Crippen molar-refractivity contribution in [2.75, 3.05) is 7.11 Å². The van der Waals surface area contributed by atoms with Gasteiger partial charge in [-0.25, -0.2) is 4.79 Å². The Morgan fingerprint density at radius 2 is 2.12 bits per heavy atom. The number of carbonyl (C=O) groups is 1. The number of halogens is 1. The molecular formula is C10H7IN2O3. The van der Waals surface area contributed by atoms with E-state index in [2.05, 4.69) is 37.5 Å². The van der Waals surface area contributed by atoms with Gasteiger partial charge in [0.05, 0.1) is 12.7 Å². The summed E-state index contributed by atoms with van der Waals surface area (Å²) < 4.78 is 10.7. The molecule has 0 bridgehead atoms. The second kappa shape index (κ2) is 4.60. The molecule has 1 heterocycles. The molecule has 16 heavy (non-hydrogen) atoms. The number of benzene rings is 1. The van der Waals surface area contributed by atoms with E-state index in [9.17, 15) is 4.79 Å². The van der Waals surface area contributed by atoms with Crippen molar-refractivity contribution in [2.45, 2.75) is 0 Å². The lowest BCUT2D eigenvalue weighted by molar-refractivity contribution is 0.0556. The predicted molar refractivity (Wildman–Crippen MR) is 63.8 cm³/mol. The number of carbonyl (C=O) groups excluding carboxylic acids is 1. The Bertz CT molecular complexity index is 524. The van der Waals surface area contributed by atoms with Gasteiger partial charge in [-0.1, -0.05) is 12.1 Å². The quantitative estimate of drug-likeness (QED) is 0.623. The first-order valence-corrected chi connectivity index (χ1v) is 5.47. The number of hydrogen-bond acceptors (Lipinski definition) is 5. The van der Waals surface area contributed by atoms with Gasteiger partial charge in [0.1, 0.15) is 0 Å². The lowest BCUT2D eigenvalue weighted by Gasteiger charge is -1.96. The Morgan fingerprint density at radius 1 is 1.38 bits per heavy atom. The number of methoxy groups -OCH3 is 1. The van der Waals surface area contributed by atoms with Crippen molar-refractivity contribution < 1.29 is 13.9 Å². The molecule has 5 nitrogen and oxygen atoms in total. The summed E-state index contributed by atoms with van der Waals surface area (Å²) in [6.07, 6.45) is 0. The second-order valence-corrected chi connectivity index (χ2v) is 4.05. The van der Waals surface area contributed by atoms with Gasteiger partial charge >= 0.3 is 11.9 Å². The van der Waals surface area contributed by atoms with Crippen LogP contribution in [0.1, 0.15) is 10.7 Å². The number of hydrogen-bond donors (Lipinski definition) is 0. The molecule has 1 aromatic heterocycles. The van der Waals surface area contributed by atoms with Crippen LogP contribution in [-0.2, 0) is 4.74 Å². The molecule has 0 saturated carbocycles. The van der Waals surface area contributed by atoms with E-state index in [4.69, 9.17) is 4.42 Å². The minimum atomic E-state index is -0.635. The van der Waals surface area contributed by atoms with Crippen molar-refractivity contribution in [1.29, 1.82) is 0 Å². The van der Waals surface area contributed by atoms with Crippen LogP contribution in [0.15, 0.2) is 28.7 Å². The summed E-state index contributed by atoms with van der Waals surface area (Å²) >= 11 is 2.16. The predicted octanol–water partition coefficient (Wildman–Crippen LogP) is 2.13. The summed E-state index contributed by atoms with van der Waals surface area (Å²) in [5.41, 5.74) is 0.797. The summed E-state index contributed by atoms with van der Waals surface area (Å²) in [6, 6.07) is 7.52. The highest BCUT2D eigenvalue weighted by atomic mass is 127. The Labute approximate surface area is 105 Å². The number of rotatable bonds is 2. The van der Waals surface area contributed by atoms with Crippen LogP contribution in [0, 0.1) is 3.57 Å². The molecule has 0 aliphatic carbocycles. The van der Waals surface area contributed by atoms with Crippen molar-refractivity contribution >= 4 is 28.6 Å². The van der Waals surface area contributed by atoms with Gasteiger partial charge in [0.2, 0.25) is 5.89 Å². The SMILES string of the molecule is COC(=O)c1nnc(-c2ccccc2I)o1. The van der Waals surface area contributed by atoms with E-state index in [1.54, 1.807) is 0 Å². The van der Waals surface area contributed by atoms with Crippen molar-refractivity contribution in [3.63, 3.8) is 0 Å². The number of ether oxygens (including phenoxy) is 1. The maximum absolute atomic E-state index is 11.1. The van der Waals surface area contributed by atoms with Gasteiger partial charge in [-0.2, -0.15) is 0 Å². The molecule has 0 aliphatic heterocycles. The lowest BCUT2D eigenvalue weighted by Crippen LogP contribution is -2.00. The van der Waals surface area contributed by atoms with Crippen LogP contribution in [0.25, 0.3) is 11.5 Å². The van der Waals surface area contributed by atoms with E-state index in [0.29, 0.717) is 5.89 Å². The second-order valence-electron chi connectivity index (χ2n) is 2.88. The molecule has 0 fully saturated rings. The van der Waals surface area contributed by atoms with Crippen LogP contribution in [-0.4, -0.2) is 23.3 Å². The minimum Gasteiger partial charge on any atom is -0.462 e. The molecule has 0 amide bonds. The lowest BCUT2D eigenvalue weighted by atomic mass is 10.2. The summed E-state index contributed by atoms with van der Waals surface area (Å²) in [5.74, 6) is -0.466. The Morgan fingerprint density at radius 3 is 2.81 bits per heavy atom. The Kier molecular flexibility index (Phi) is 3.18. The van der Waals surface area contributed by atoms with E-state index in [1.165, 1.54) is 7.11 Å². The van der Waals surface area contributed by atoms with Gasteiger partial charge in [-0.15, -0.1) is 10.2 Å². The smallest absolute Gasteiger partial charge is 0.396 e. The maximum atomic E-state index is 11.1. The third kappa shape index (κ3) is 2.06. The van der Waals surface area contributed by atoms with E-state index in [1.807, 2.05) is 24.3 Å². The fraction of sp³-hybridized carbons (Fsp3) is 0.100. The molecule has 0 N–H and O–H groups in total. The maximum Gasteiger partial charge on any atom is 0.396 e. The van der Waals surface area contributed by atoms with Crippen molar-refractivity contribution in [3.8, 4) is 11.5 Å². The van der Waals surface area contributed by atoms with Crippen LogP contribution in [0.4, 0.5) is 0 Å². The number of nitrogens with zero attached hydrogens (tertiary/aromatic N) is 2. The van der Waals surface area contributed by atoms with Gasteiger partial charge in [0.15, 0.2) is 0 Å². The largest absolute Gasteiger partial charge is 0.462 e. The van der Waals surface area contributed by atoms with E-state index in [-0.39, 0.29) is 5.89 Å². The van der Waals surface area contributed by atoms with E-state index in [0.717, 1.165) is 9.13 Å². The van der Waals surface area contributed by atoms with Crippen LogP contribution in [0.2, 0.25) is 0 Å². The third-order valence-corrected chi connectivity index (χ3v) is 2.83. The van der Waals surface area contributed by atoms with Gasteiger partial charge in [-0.3, -0.25) is 0 Å². The molecule has 2 rings (SSSR count). The van der Waals surface area contributed by atoms with Crippen molar-refractivity contribution in [2.24, 2.45) is 0 Å². The minimum absolute atomic E-state index is 0.142. The zero-order valence-corrected chi connectivity index (χ0v) is 10.5. The van der Waals surface area contributed by atoms with Gasteiger partial charge in [0.25, 0.3) is 0 Å². The van der Waals surface area contributed by atoms with E-state index < -0.39 is 5.97 Å². The standard InChI is InChI=1S/C10H7IN2O3/c1-15-10(14)9-13-12-8(16-9)6-4-2-3-5-7(6)11/h2-5H,1H3. The molecular weight excluding hydrogens is 323 g/mol. The summed E-state index contributed by atoms with van der Waals surface area (Å²) in [6.45, 7) is 0. The van der Waals surface area contributed by atoms with Crippen molar-refractivity contribution in [3.05, 3.63) is 33.7 Å². The first kappa shape index (κ1) is 11.1. The topological polar surface area (TPSA) is 65.2 Å². The molecule has 0 aliphatic rings. The highest BCUT2D eigenvalue weighted by molar-refractivity contribution is 14.1. The monoisotopic (exact) mass is 330 g/mol. The van der Waals surface area contributed by atoms with Crippen LogP contribution in [0.3, 0.4) is 0 Å². The van der Waals surface area contributed by atoms with Crippen molar-refractivity contribution in [1.82, 2.24) is 10.2 Å². The first-order valence-electron chi connectivity index (χ1n) is 4.39. The molecule has 0 radical (unpaired) electrons. The zero-order valence-electron chi connectivity index (χ0n) is 8.31. The highest BCUT2D eigenvalue weighted by Gasteiger charge is 2.16. The van der Waals surface area contributed by atoms with Crippen LogP contribution < -0.4 is 0 Å². The molecule has 0 unspecified atom stereocenters. The molecule has 82 valence electrons. The fourth-order valence-corrected chi connectivity index (χ4v) is 1.75. The highest BCUT2D eigenvalue weighted by Crippen LogP contribution is 2.23. The van der Waals surface area contributed by atoms with Gasteiger partial charge < -0.3 is 9.15 Å². The van der Waals surface area contributed by atoms with Crippen LogP contribution in [0.5, 0.6) is 0 Å². The Hall–Kier alpha value is -1.44. The summed E-state index contributed by atoms with van der Waals surface area (Å²) in [7, 11) is 1.26. The molecule has 0 saturated heterocycles. The normalized spacial score (nSPS) is 10.1. The summed E-state index contributed by atoms with van der Waals surface area (Å²) in [5, 5.41) is 7.40. The third-order valence-electron chi connectivity index (χ3n) is 1.89. The molecule has 0 spiro atoms. The number of aromatic nitrogens is 2. The number of esters is 1. The molecule has 6 heteroatoms. The fourth-order valence-electron chi connectivity index (χ4n) is 1.14. The Balaban J connectivity index is 2.39. The van der Waals surface area contributed by atoms with Gasteiger partial charge in [-0.05, 0) is 34.7 Å².